The summed E-state index contributed by atoms with van der Waals surface area (Å²) in [5, 5.41) is 21.7. The predicted octanol–water partition coefficient (Wildman–Crippen LogP) is 6.56. The van der Waals surface area contributed by atoms with E-state index in [9.17, 15) is 19.8 Å². The summed E-state index contributed by atoms with van der Waals surface area (Å²) in [6.07, 6.45) is 2.29. The van der Waals surface area contributed by atoms with Gasteiger partial charge in [-0.2, -0.15) is 0 Å². The van der Waals surface area contributed by atoms with Crippen molar-refractivity contribution in [3.8, 4) is 22.3 Å². The molecule has 5 nitrogen and oxygen atoms in total. The zero-order valence-electron chi connectivity index (χ0n) is 18.7. The van der Waals surface area contributed by atoms with Gasteiger partial charge in [-0.1, -0.05) is 72.8 Å². The van der Waals surface area contributed by atoms with Gasteiger partial charge in [0.25, 0.3) is 0 Å². The summed E-state index contributed by atoms with van der Waals surface area (Å²) < 4.78 is 0. The molecule has 5 rings (SSSR count). The second kappa shape index (κ2) is 9.23. The maximum atomic E-state index is 11.9. The summed E-state index contributed by atoms with van der Waals surface area (Å²) in [5.74, 6) is -2.04. The molecule has 5 aromatic rings. The normalized spacial score (nSPS) is 10.9. The summed E-state index contributed by atoms with van der Waals surface area (Å²) in [5.41, 5.74) is 4.72. The summed E-state index contributed by atoms with van der Waals surface area (Å²) in [4.78, 5) is 28.5. The van der Waals surface area contributed by atoms with Gasteiger partial charge in [0.15, 0.2) is 0 Å². The van der Waals surface area contributed by atoms with Crippen LogP contribution in [0, 0.1) is 0 Å². The molecule has 1 heterocycles. The van der Waals surface area contributed by atoms with Crippen molar-refractivity contribution in [2.24, 2.45) is 0 Å². The van der Waals surface area contributed by atoms with E-state index in [1.807, 2.05) is 48.5 Å². The number of benzene rings is 4. The molecule has 0 aliphatic heterocycles. The van der Waals surface area contributed by atoms with Gasteiger partial charge in [-0.25, -0.2) is 9.59 Å². The van der Waals surface area contributed by atoms with Gasteiger partial charge in [0.1, 0.15) is 0 Å². The van der Waals surface area contributed by atoms with Crippen molar-refractivity contribution in [3.63, 3.8) is 0 Å². The van der Waals surface area contributed by atoms with Gasteiger partial charge in [0.05, 0.1) is 16.8 Å². The number of nitrogens with zero attached hydrogens (tertiary/aromatic N) is 1. The summed E-state index contributed by atoms with van der Waals surface area (Å²) in [6.45, 7) is 0. The number of carboxylic acids is 2. The number of aromatic carboxylic acids is 2. The number of aromatic nitrogens is 1. The van der Waals surface area contributed by atoms with Crippen molar-refractivity contribution in [2.45, 2.75) is 6.42 Å². The van der Waals surface area contributed by atoms with Gasteiger partial charge in [-0.05, 0) is 57.5 Å². The highest BCUT2D eigenvalue weighted by atomic mass is 16.4. The molecule has 2 N–H and O–H groups in total. The van der Waals surface area contributed by atoms with Gasteiger partial charge in [0.2, 0.25) is 0 Å². The van der Waals surface area contributed by atoms with Crippen molar-refractivity contribution in [1.29, 1.82) is 0 Å². The maximum Gasteiger partial charge on any atom is 0.336 e. The van der Waals surface area contributed by atoms with Crippen molar-refractivity contribution in [1.82, 2.24) is 4.98 Å². The van der Waals surface area contributed by atoms with Gasteiger partial charge < -0.3 is 10.2 Å². The number of hydrogen-bond acceptors (Lipinski definition) is 3. The number of fused-ring (bicyclic) bond motifs is 1. The van der Waals surface area contributed by atoms with Gasteiger partial charge in [-0.15, -0.1) is 0 Å². The SMILES string of the molecule is O=C(O)c1ccccc1-c1cc(Cc2nccc3ccccc23)cc(-c2ccccc2C(=O)O)c1. The van der Waals surface area contributed by atoms with Crippen LogP contribution < -0.4 is 0 Å². The molecule has 4 aromatic carbocycles. The highest BCUT2D eigenvalue weighted by Crippen LogP contribution is 2.33. The first kappa shape index (κ1) is 22.0. The summed E-state index contributed by atoms with van der Waals surface area (Å²) >= 11 is 0. The zero-order valence-corrected chi connectivity index (χ0v) is 18.7. The summed E-state index contributed by atoms with van der Waals surface area (Å²) in [7, 11) is 0. The second-order valence-corrected chi connectivity index (χ2v) is 8.28. The number of pyridine rings is 1. The largest absolute Gasteiger partial charge is 0.478 e. The molecule has 0 spiro atoms. The summed E-state index contributed by atoms with van der Waals surface area (Å²) in [6, 6.07) is 29.4. The van der Waals surface area contributed by atoms with E-state index in [-0.39, 0.29) is 11.1 Å². The van der Waals surface area contributed by atoms with E-state index in [0.717, 1.165) is 22.0 Å². The third-order valence-electron chi connectivity index (χ3n) is 6.06. The average Bonchev–Trinajstić information content (AvgIpc) is 2.88. The molecule has 0 unspecified atom stereocenters. The second-order valence-electron chi connectivity index (χ2n) is 8.28. The highest BCUT2D eigenvalue weighted by molar-refractivity contribution is 5.98. The number of hydrogen-bond donors (Lipinski definition) is 2. The Hall–Kier alpha value is -4.77. The molecule has 0 aliphatic rings. The Morgan fingerprint density at radius 2 is 1.20 bits per heavy atom. The molecule has 0 aliphatic carbocycles. The van der Waals surface area contributed by atoms with Gasteiger partial charge in [0, 0.05) is 18.0 Å². The van der Waals surface area contributed by atoms with E-state index in [2.05, 4.69) is 4.98 Å². The Labute approximate surface area is 202 Å². The highest BCUT2D eigenvalue weighted by Gasteiger charge is 2.16. The lowest BCUT2D eigenvalue weighted by atomic mass is 9.90. The zero-order chi connectivity index (χ0) is 24.4. The maximum absolute atomic E-state index is 11.9. The molecule has 35 heavy (non-hydrogen) atoms. The molecule has 5 heteroatoms. The Morgan fingerprint density at radius 3 is 1.80 bits per heavy atom. The van der Waals surface area contributed by atoms with Crippen LogP contribution in [0.2, 0.25) is 0 Å². The van der Waals surface area contributed by atoms with Crippen LogP contribution in [-0.2, 0) is 6.42 Å². The first-order valence-corrected chi connectivity index (χ1v) is 11.1. The Balaban J connectivity index is 1.72. The fraction of sp³-hybridized carbons (Fsp3) is 0.0333. The molecule has 1 aromatic heterocycles. The minimum Gasteiger partial charge on any atom is -0.478 e. The van der Waals surface area contributed by atoms with Crippen molar-refractivity contribution < 1.29 is 19.8 Å². The van der Waals surface area contributed by atoms with Gasteiger partial charge in [-0.3, -0.25) is 4.98 Å². The van der Waals surface area contributed by atoms with E-state index in [4.69, 9.17) is 0 Å². The fourth-order valence-corrected chi connectivity index (χ4v) is 4.46. The Bertz CT molecular complexity index is 1510. The topological polar surface area (TPSA) is 87.5 Å². The minimum absolute atomic E-state index is 0.186. The van der Waals surface area contributed by atoms with Crippen LogP contribution >= 0.6 is 0 Å². The third kappa shape index (κ3) is 4.39. The molecular formula is C30H21NO4. The quantitative estimate of drug-likeness (QED) is 0.300. The monoisotopic (exact) mass is 459 g/mol. The smallest absolute Gasteiger partial charge is 0.336 e. The van der Waals surface area contributed by atoms with E-state index in [1.54, 1.807) is 54.7 Å². The van der Waals surface area contributed by atoms with E-state index in [0.29, 0.717) is 28.7 Å². The average molecular weight is 460 g/mol. The van der Waals surface area contributed by atoms with Crippen LogP contribution in [0.1, 0.15) is 32.0 Å². The lowest BCUT2D eigenvalue weighted by Crippen LogP contribution is -2.02. The third-order valence-corrected chi connectivity index (χ3v) is 6.06. The molecule has 0 amide bonds. The van der Waals surface area contributed by atoms with Crippen LogP contribution in [0.5, 0.6) is 0 Å². The predicted molar refractivity (Wildman–Crippen MR) is 136 cm³/mol. The number of carboxylic acid groups (broad SMARTS) is 2. The minimum atomic E-state index is -1.02. The molecule has 0 fully saturated rings. The lowest BCUT2D eigenvalue weighted by Gasteiger charge is -2.14. The van der Waals surface area contributed by atoms with E-state index >= 15 is 0 Å². The first-order valence-electron chi connectivity index (χ1n) is 11.1. The Kier molecular flexibility index (Phi) is 5.81. The Morgan fingerprint density at radius 1 is 0.657 bits per heavy atom. The number of rotatable bonds is 6. The molecule has 0 bridgehead atoms. The lowest BCUT2D eigenvalue weighted by molar-refractivity contribution is 0.0687. The fourth-order valence-electron chi connectivity index (χ4n) is 4.46. The molecule has 0 atom stereocenters. The molecule has 0 saturated carbocycles. The molecule has 0 radical (unpaired) electrons. The first-order chi connectivity index (χ1) is 17.0. The standard InChI is InChI=1S/C30H21NO4/c32-29(33)26-11-5-3-8-23(26)21-15-19(17-28-25-10-2-1-7-20(25)13-14-31-28)16-22(18-21)24-9-4-6-12-27(24)30(34)35/h1-16,18H,17H2,(H,32,33)(H,34,35). The molecular weight excluding hydrogens is 438 g/mol. The van der Waals surface area contributed by atoms with Crippen LogP contribution in [0.15, 0.2) is 103 Å². The molecule has 170 valence electrons. The van der Waals surface area contributed by atoms with Crippen LogP contribution in [-0.4, -0.2) is 27.1 Å². The van der Waals surface area contributed by atoms with Crippen LogP contribution in [0.25, 0.3) is 33.0 Å². The van der Waals surface area contributed by atoms with Gasteiger partial charge >= 0.3 is 11.9 Å². The molecule has 0 saturated heterocycles. The number of carbonyl (C=O) groups is 2. The van der Waals surface area contributed by atoms with E-state index in [1.165, 1.54) is 0 Å². The van der Waals surface area contributed by atoms with Crippen LogP contribution in [0.3, 0.4) is 0 Å². The van der Waals surface area contributed by atoms with Crippen molar-refractivity contribution >= 4 is 22.7 Å². The van der Waals surface area contributed by atoms with Crippen LogP contribution in [0.4, 0.5) is 0 Å². The van der Waals surface area contributed by atoms with Crippen molar-refractivity contribution in [2.75, 3.05) is 0 Å². The van der Waals surface area contributed by atoms with E-state index < -0.39 is 11.9 Å². The van der Waals surface area contributed by atoms with Crippen molar-refractivity contribution in [3.05, 3.63) is 126 Å².